The minimum Gasteiger partial charge on any atom is -0.393 e. The van der Waals surface area contributed by atoms with E-state index in [9.17, 15) is 5.11 Å². The number of rotatable bonds is 3. The normalized spacial score (nSPS) is 17.8. The van der Waals surface area contributed by atoms with Crippen LogP contribution in [0.4, 0.5) is 5.82 Å². The van der Waals surface area contributed by atoms with Crippen molar-refractivity contribution in [1.29, 1.82) is 0 Å². The van der Waals surface area contributed by atoms with Crippen LogP contribution in [0.5, 0.6) is 0 Å². The molecule has 1 fully saturated rings. The Morgan fingerprint density at radius 2 is 2.05 bits per heavy atom. The molecule has 1 aromatic heterocycles. The highest BCUT2D eigenvalue weighted by molar-refractivity contribution is 5.47. The van der Waals surface area contributed by atoms with Gasteiger partial charge in [-0.1, -0.05) is 6.07 Å². The molecule has 0 aromatic carbocycles. The van der Waals surface area contributed by atoms with Crippen LogP contribution in [0.2, 0.25) is 0 Å². The number of nitrogens with zero attached hydrogens (tertiary/aromatic N) is 2. The Balaban J connectivity index is 2.08. The molecule has 0 aliphatic carbocycles. The molecule has 2 heterocycles. The molecule has 1 aliphatic rings. The summed E-state index contributed by atoms with van der Waals surface area (Å²) < 4.78 is 0. The van der Waals surface area contributed by atoms with Gasteiger partial charge in [0.25, 0.3) is 0 Å². The summed E-state index contributed by atoms with van der Waals surface area (Å²) in [5.41, 5.74) is 1.33. The van der Waals surface area contributed by atoms with Gasteiger partial charge in [0.15, 0.2) is 0 Å². The second-order valence-corrected chi connectivity index (χ2v) is 6.31. The van der Waals surface area contributed by atoms with Crippen molar-refractivity contribution in [3.63, 3.8) is 0 Å². The second kappa shape index (κ2) is 5.88. The van der Waals surface area contributed by atoms with Crippen molar-refractivity contribution in [3.05, 3.63) is 23.9 Å². The van der Waals surface area contributed by atoms with Gasteiger partial charge in [-0.2, -0.15) is 0 Å². The molecule has 0 bridgehead atoms. The van der Waals surface area contributed by atoms with Gasteiger partial charge < -0.3 is 15.3 Å². The highest BCUT2D eigenvalue weighted by Crippen LogP contribution is 2.22. The van der Waals surface area contributed by atoms with Crippen LogP contribution in [0.15, 0.2) is 18.3 Å². The summed E-state index contributed by atoms with van der Waals surface area (Å²) in [7, 11) is 0. The van der Waals surface area contributed by atoms with E-state index in [2.05, 4.69) is 42.0 Å². The van der Waals surface area contributed by atoms with Crippen molar-refractivity contribution in [3.8, 4) is 0 Å². The number of piperidine rings is 1. The molecule has 0 radical (unpaired) electrons. The van der Waals surface area contributed by atoms with Crippen molar-refractivity contribution in [2.75, 3.05) is 18.0 Å². The lowest BCUT2D eigenvalue weighted by Crippen LogP contribution is -2.38. The average Bonchev–Trinajstić information content (AvgIpc) is 2.37. The van der Waals surface area contributed by atoms with Crippen molar-refractivity contribution in [1.82, 2.24) is 10.3 Å². The first-order valence-electron chi connectivity index (χ1n) is 7.08. The van der Waals surface area contributed by atoms with Gasteiger partial charge >= 0.3 is 0 Å². The van der Waals surface area contributed by atoms with Crippen molar-refractivity contribution in [2.45, 2.75) is 51.8 Å². The summed E-state index contributed by atoms with van der Waals surface area (Å²) >= 11 is 0. The SMILES string of the molecule is CC(C)(C)NCc1cccnc1N1CCC(O)CC1. The van der Waals surface area contributed by atoms with Crippen LogP contribution in [0.1, 0.15) is 39.2 Å². The van der Waals surface area contributed by atoms with Crippen LogP contribution in [0.25, 0.3) is 0 Å². The zero-order valence-corrected chi connectivity index (χ0v) is 12.2. The average molecular weight is 263 g/mol. The Morgan fingerprint density at radius 3 is 2.68 bits per heavy atom. The molecule has 106 valence electrons. The highest BCUT2D eigenvalue weighted by atomic mass is 16.3. The first-order chi connectivity index (χ1) is 8.96. The number of aromatic nitrogens is 1. The fraction of sp³-hybridized carbons (Fsp3) is 0.667. The van der Waals surface area contributed by atoms with Crippen LogP contribution < -0.4 is 10.2 Å². The van der Waals surface area contributed by atoms with Crippen molar-refractivity contribution >= 4 is 5.82 Å². The van der Waals surface area contributed by atoms with Gasteiger partial charge in [0.05, 0.1) is 6.10 Å². The van der Waals surface area contributed by atoms with E-state index < -0.39 is 0 Å². The van der Waals surface area contributed by atoms with E-state index in [0.29, 0.717) is 0 Å². The van der Waals surface area contributed by atoms with Gasteiger partial charge in [0.1, 0.15) is 5.82 Å². The van der Waals surface area contributed by atoms with E-state index in [1.807, 2.05) is 12.3 Å². The maximum atomic E-state index is 9.59. The zero-order chi connectivity index (χ0) is 13.9. The first-order valence-corrected chi connectivity index (χ1v) is 7.08. The summed E-state index contributed by atoms with van der Waals surface area (Å²) in [5, 5.41) is 13.1. The maximum Gasteiger partial charge on any atom is 0.133 e. The van der Waals surface area contributed by atoms with Gasteiger partial charge in [0, 0.05) is 36.9 Å². The number of pyridine rings is 1. The number of aliphatic hydroxyl groups excluding tert-OH is 1. The van der Waals surface area contributed by atoms with Crippen LogP contribution in [-0.2, 0) is 6.54 Å². The van der Waals surface area contributed by atoms with E-state index in [1.165, 1.54) is 5.56 Å². The fourth-order valence-electron chi connectivity index (χ4n) is 2.29. The summed E-state index contributed by atoms with van der Waals surface area (Å²) in [5.74, 6) is 1.06. The molecule has 0 amide bonds. The molecule has 2 rings (SSSR count). The predicted molar refractivity (Wildman–Crippen MR) is 78.3 cm³/mol. The molecule has 1 aliphatic heterocycles. The molecule has 0 saturated carbocycles. The van der Waals surface area contributed by atoms with Gasteiger partial charge in [-0.05, 0) is 39.7 Å². The maximum absolute atomic E-state index is 9.59. The standard InChI is InChI=1S/C15H25N3O/c1-15(2,3)17-11-12-5-4-8-16-14(12)18-9-6-13(19)7-10-18/h4-5,8,13,17,19H,6-7,9-11H2,1-3H3. The van der Waals surface area contributed by atoms with E-state index in [-0.39, 0.29) is 11.6 Å². The molecule has 19 heavy (non-hydrogen) atoms. The number of nitrogens with one attached hydrogen (secondary N) is 1. The van der Waals surface area contributed by atoms with E-state index in [4.69, 9.17) is 0 Å². The molecule has 0 unspecified atom stereocenters. The summed E-state index contributed by atoms with van der Waals surface area (Å²) in [6.07, 6.45) is 3.38. The number of hydrogen-bond acceptors (Lipinski definition) is 4. The molecule has 2 N–H and O–H groups in total. The first kappa shape index (κ1) is 14.3. The third-order valence-electron chi connectivity index (χ3n) is 3.44. The zero-order valence-electron chi connectivity index (χ0n) is 12.2. The smallest absolute Gasteiger partial charge is 0.133 e. The number of aliphatic hydroxyl groups is 1. The predicted octanol–water partition coefficient (Wildman–Crippen LogP) is 1.93. The highest BCUT2D eigenvalue weighted by Gasteiger charge is 2.20. The number of anilines is 1. The molecule has 1 aromatic rings. The lowest BCUT2D eigenvalue weighted by Gasteiger charge is -2.32. The van der Waals surface area contributed by atoms with Crippen LogP contribution in [0, 0.1) is 0 Å². The third-order valence-corrected chi connectivity index (χ3v) is 3.44. The largest absolute Gasteiger partial charge is 0.393 e. The lowest BCUT2D eigenvalue weighted by atomic mass is 10.1. The third kappa shape index (κ3) is 4.18. The van der Waals surface area contributed by atoms with E-state index >= 15 is 0 Å². The molecule has 1 saturated heterocycles. The Bertz CT molecular complexity index is 406. The summed E-state index contributed by atoms with van der Waals surface area (Å²) in [4.78, 5) is 6.82. The molecule has 0 spiro atoms. The molecular formula is C15H25N3O. The Morgan fingerprint density at radius 1 is 1.37 bits per heavy atom. The minimum atomic E-state index is -0.142. The Kier molecular flexibility index (Phi) is 4.42. The fourth-order valence-corrected chi connectivity index (χ4v) is 2.29. The second-order valence-electron chi connectivity index (χ2n) is 6.31. The van der Waals surface area contributed by atoms with E-state index in [1.54, 1.807) is 0 Å². The molecule has 4 heteroatoms. The number of hydrogen-bond donors (Lipinski definition) is 2. The van der Waals surface area contributed by atoms with Gasteiger partial charge in [-0.15, -0.1) is 0 Å². The topological polar surface area (TPSA) is 48.4 Å². The van der Waals surface area contributed by atoms with E-state index in [0.717, 1.165) is 38.3 Å². The Hall–Kier alpha value is -1.13. The van der Waals surface area contributed by atoms with Gasteiger partial charge in [-0.3, -0.25) is 0 Å². The quantitative estimate of drug-likeness (QED) is 0.875. The molecule has 4 nitrogen and oxygen atoms in total. The summed E-state index contributed by atoms with van der Waals surface area (Å²) in [6.45, 7) is 9.11. The Labute approximate surface area is 115 Å². The lowest BCUT2D eigenvalue weighted by molar-refractivity contribution is 0.145. The van der Waals surface area contributed by atoms with Crippen molar-refractivity contribution < 1.29 is 5.11 Å². The molecule has 0 atom stereocenters. The van der Waals surface area contributed by atoms with Crippen LogP contribution >= 0.6 is 0 Å². The summed E-state index contributed by atoms with van der Waals surface area (Å²) in [6, 6.07) is 4.12. The minimum absolute atomic E-state index is 0.102. The van der Waals surface area contributed by atoms with Gasteiger partial charge in [-0.25, -0.2) is 4.98 Å². The van der Waals surface area contributed by atoms with Gasteiger partial charge in [0.2, 0.25) is 0 Å². The monoisotopic (exact) mass is 263 g/mol. The molecular weight excluding hydrogens is 238 g/mol. The van der Waals surface area contributed by atoms with Crippen LogP contribution in [-0.4, -0.2) is 34.8 Å². The van der Waals surface area contributed by atoms with Crippen molar-refractivity contribution in [2.24, 2.45) is 0 Å². The van der Waals surface area contributed by atoms with Crippen LogP contribution in [0.3, 0.4) is 0 Å².